The summed E-state index contributed by atoms with van der Waals surface area (Å²) in [5, 5.41) is 7.05. The van der Waals surface area contributed by atoms with E-state index in [-0.39, 0.29) is 6.61 Å². The van der Waals surface area contributed by atoms with Crippen LogP contribution in [0.15, 0.2) is 48.5 Å². The first-order valence-corrected chi connectivity index (χ1v) is 7.77. The van der Waals surface area contributed by atoms with E-state index < -0.39 is 6.04 Å². The maximum atomic E-state index is 6.27. The molecule has 0 bridgehead atoms. The molecule has 1 unspecified atom stereocenters. The Hall–Kier alpha value is -3.06. The van der Waals surface area contributed by atoms with E-state index in [1.807, 2.05) is 42.5 Å². The lowest BCUT2D eigenvalue weighted by Crippen LogP contribution is -2.14. The Morgan fingerprint density at radius 2 is 1.80 bits per heavy atom. The molecule has 0 aliphatic carbocycles. The molecule has 7 heteroatoms. The number of nitrogens with two attached hydrogens (primary N) is 1. The van der Waals surface area contributed by atoms with Gasteiger partial charge in [0, 0.05) is 0 Å². The van der Waals surface area contributed by atoms with Gasteiger partial charge in [0.2, 0.25) is 0 Å². The Bertz CT molecular complexity index is 820. The van der Waals surface area contributed by atoms with Crippen molar-refractivity contribution in [1.29, 1.82) is 0 Å². The van der Waals surface area contributed by atoms with Crippen LogP contribution in [0.3, 0.4) is 0 Å². The van der Waals surface area contributed by atoms with Crippen LogP contribution in [0.1, 0.15) is 23.3 Å². The fourth-order valence-corrected chi connectivity index (χ4v) is 2.38. The number of H-pyrrole nitrogens is 1. The topological polar surface area (TPSA) is 95.3 Å². The van der Waals surface area contributed by atoms with Gasteiger partial charge in [0.05, 0.1) is 20.3 Å². The zero-order valence-electron chi connectivity index (χ0n) is 14.1. The highest BCUT2D eigenvalue weighted by Crippen LogP contribution is 2.30. The van der Waals surface area contributed by atoms with E-state index >= 15 is 0 Å². The summed E-state index contributed by atoms with van der Waals surface area (Å²) in [6.45, 7) is 0.287. The fraction of sp³-hybridized carbons (Fsp3) is 0.222. The highest BCUT2D eigenvalue weighted by Gasteiger charge is 2.17. The third-order valence-electron chi connectivity index (χ3n) is 3.71. The zero-order chi connectivity index (χ0) is 17.6. The summed E-state index contributed by atoms with van der Waals surface area (Å²) >= 11 is 0. The quantitative estimate of drug-likeness (QED) is 0.686. The lowest BCUT2D eigenvalue weighted by atomic mass is 10.1. The number of rotatable bonds is 7. The molecule has 0 aliphatic rings. The summed E-state index contributed by atoms with van der Waals surface area (Å²) in [5.74, 6) is 3.11. The number of aromatic amines is 1. The molecular formula is C18H20N4O3. The normalized spacial score (nSPS) is 11.8. The number of hydrogen-bond acceptors (Lipinski definition) is 6. The molecule has 130 valence electrons. The minimum absolute atomic E-state index is 0.287. The summed E-state index contributed by atoms with van der Waals surface area (Å²) in [6, 6.07) is 14.5. The van der Waals surface area contributed by atoms with Crippen molar-refractivity contribution in [2.24, 2.45) is 5.73 Å². The van der Waals surface area contributed by atoms with E-state index in [1.165, 1.54) is 0 Å². The van der Waals surface area contributed by atoms with Crippen molar-refractivity contribution in [2.45, 2.75) is 12.6 Å². The molecule has 0 fully saturated rings. The molecule has 7 nitrogen and oxygen atoms in total. The average molecular weight is 340 g/mol. The number of nitrogens with one attached hydrogen (secondary N) is 1. The van der Waals surface area contributed by atoms with Gasteiger partial charge in [-0.3, -0.25) is 5.10 Å². The van der Waals surface area contributed by atoms with E-state index in [4.69, 9.17) is 19.9 Å². The van der Waals surface area contributed by atoms with E-state index in [0.29, 0.717) is 23.1 Å². The van der Waals surface area contributed by atoms with Crippen LogP contribution >= 0.6 is 0 Å². The predicted molar refractivity (Wildman–Crippen MR) is 92.7 cm³/mol. The molecular weight excluding hydrogens is 320 g/mol. The van der Waals surface area contributed by atoms with Crippen LogP contribution in [0.2, 0.25) is 0 Å². The highest BCUT2D eigenvalue weighted by atomic mass is 16.5. The second kappa shape index (κ2) is 7.67. The smallest absolute Gasteiger partial charge is 0.172 e. The summed E-state index contributed by atoms with van der Waals surface area (Å²) in [6.07, 6.45) is 0. The second-order valence-electron chi connectivity index (χ2n) is 5.33. The predicted octanol–water partition coefficient (Wildman–Crippen LogP) is 2.45. The molecule has 0 spiro atoms. The first-order valence-electron chi connectivity index (χ1n) is 7.77. The van der Waals surface area contributed by atoms with Gasteiger partial charge in [0.15, 0.2) is 23.1 Å². The first-order chi connectivity index (χ1) is 12.2. The van der Waals surface area contributed by atoms with Crippen LogP contribution in [-0.2, 0) is 6.61 Å². The number of aromatic nitrogens is 3. The summed E-state index contributed by atoms with van der Waals surface area (Å²) in [7, 11) is 3.17. The Morgan fingerprint density at radius 1 is 1.04 bits per heavy atom. The maximum absolute atomic E-state index is 6.27. The van der Waals surface area contributed by atoms with Crippen molar-refractivity contribution in [2.75, 3.05) is 14.2 Å². The molecule has 3 N–H and O–H groups in total. The SMILES string of the molecule is COc1ccc(C(N)c2n[nH]c(COc3ccccc3)n2)cc1OC. The maximum Gasteiger partial charge on any atom is 0.172 e. The van der Waals surface area contributed by atoms with Crippen LogP contribution in [0.25, 0.3) is 0 Å². The highest BCUT2D eigenvalue weighted by molar-refractivity contribution is 5.44. The van der Waals surface area contributed by atoms with Crippen molar-refractivity contribution in [3.8, 4) is 17.2 Å². The van der Waals surface area contributed by atoms with Gasteiger partial charge >= 0.3 is 0 Å². The molecule has 3 aromatic rings. The van der Waals surface area contributed by atoms with Gasteiger partial charge < -0.3 is 19.9 Å². The van der Waals surface area contributed by atoms with Crippen LogP contribution < -0.4 is 19.9 Å². The van der Waals surface area contributed by atoms with E-state index in [9.17, 15) is 0 Å². The minimum Gasteiger partial charge on any atom is -0.493 e. The molecule has 1 heterocycles. The van der Waals surface area contributed by atoms with Gasteiger partial charge in [0.1, 0.15) is 12.4 Å². The number of methoxy groups -OCH3 is 2. The van der Waals surface area contributed by atoms with E-state index in [1.54, 1.807) is 20.3 Å². The fourth-order valence-electron chi connectivity index (χ4n) is 2.38. The molecule has 0 amide bonds. The van der Waals surface area contributed by atoms with Crippen LogP contribution in [-0.4, -0.2) is 29.4 Å². The van der Waals surface area contributed by atoms with Crippen LogP contribution in [0.5, 0.6) is 17.2 Å². The molecule has 0 radical (unpaired) electrons. The number of benzene rings is 2. The third kappa shape index (κ3) is 3.89. The minimum atomic E-state index is -0.485. The molecule has 25 heavy (non-hydrogen) atoms. The summed E-state index contributed by atoms with van der Waals surface area (Å²) in [5.41, 5.74) is 7.10. The van der Waals surface area contributed by atoms with Crippen molar-refractivity contribution >= 4 is 0 Å². The Labute approximate surface area is 145 Å². The van der Waals surface area contributed by atoms with Crippen LogP contribution in [0, 0.1) is 0 Å². The molecule has 1 atom stereocenters. The summed E-state index contributed by atoms with van der Waals surface area (Å²) in [4.78, 5) is 4.41. The van der Waals surface area contributed by atoms with E-state index in [2.05, 4.69) is 15.2 Å². The second-order valence-corrected chi connectivity index (χ2v) is 5.33. The molecule has 0 aliphatic heterocycles. The van der Waals surface area contributed by atoms with Gasteiger partial charge in [-0.1, -0.05) is 24.3 Å². The first kappa shape index (κ1) is 16.8. The van der Waals surface area contributed by atoms with E-state index in [0.717, 1.165) is 11.3 Å². The summed E-state index contributed by atoms with van der Waals surface area (Å²) < 4.78 is 16.2. The van der Waals surface area contributed by atoms with Gasteiger partial charge in [-0.2, -0.15) is 5.10 Å². The third-order valence-corrected chi connectivity index (χ3v) is 3.71. The molecule has 0 saturated carbocycles. The lowest BCUT2D eigenvalue weighted by molar-refractivity contribution is 0.296. The van der Waals surface area contributed by atoms with Crippen molar-refractivity contribution in [3.05, 3.63) is 65.7 Å². The standard InChI is InChI=1S/C18H20N4O3/c1-23-14-9-8-12(10-15(14)24-2)17(19)18-20-16(21-22-18)11-25-13-6-4-3-5-7-13/h3-10,17H,11,19H2,1-2H3,(H,20,21,22). The molecule has 3 rings (SSSR count). The monoisotopic (exact) mass is 340 g/mol. The van der Waals surface area contributed by atoms with Gasteiger partial charge in [-0.15, -0.1) is 0 Å². The molecule has 2 aromatic carbocycles. The largest absolute Gasteiger partial charge is 0.493 e. The Balaban J connectivity index is 1.71. The number of hydrogen-bond donors (Lipinski definition) is 2. The zero-order valence-corrected chi connectivity index (χ0v) is 14.1. The Morgan fingerprint density at radius 3 is 2.52 bits per heavy atom. The van der Waals surface area contributed by atoms with Crippen molar-refractivity contribution < 1.29 is 14.2 Å². The van der Waals surface area contributed by atoms with Crippen molar-refractivity contribution in [3.63, 3.8) is 0 Å². The molecule has 0 saturated heterocycles. The lowest BCUT2D eigenvalue weighted by Gasteiger charge is -2.12. The molecule has 1 aromatic heterocycles. The van der Waals surface area contributed by atoms with Gasteiger partial charge in [-0.25, -0.2) is 4.98 Å². The Kier molecular flexibility index (Phi) is 5.15. The number of para-hydroxylation sites is 1. The number of ether oxygens (including phenoxy) is 3. The van der Waals surface area contributed by atoms with Crippen LogP contribution in [0.4, 0.5) is 0 Å². The average Bonchev–Trinajstić information content (AvgIpc) is 3.15. The van der Waals surface area contributed by atoms with Crippen molar-refractivity contribution in [1.82, 2.24) is 15.2 Å². The van der Waals surface area contributed by atoms with Gasteiger partial charge in [0.25, 0.3) is 0 Å². The number of nitrogens with zero attached hydrogens (tertiary/aromatic N) is 2. The van der Waals surface area contributed by atoms with Gasteiger partial charge in [-0.05, 0) is 29.8 Å².